The Morgan fingerprint density at radius 3 is 2.48 bits per heavy atom. The maximum Gasteiger partial charge on any atom is 0.312 e. The van der Waals surface area contributed by atoms with Crippen molar-refractivity contribution in [2.45, 2.75) is 5.92 Å². The molecule has 0 bridgehead atoms. The minimum absolute atomic E-state index is 0.285. The van der Waals surface area contributed by atoms with Gasteiger partial charge in [0.05, 0.1) is 17.2 Å². The molecule has 0 radical (unpaired) electrons. The number of hydrogen-bond acceptors (Lipinski definition) is 6. The molecule has 0 amide bonds. The van der Waals surface area contributed by atoms with E-state index in [0.29, 0.717) is 17.0 Å². The van der Waals surface area contributed by atoms with Crippen LogP contribution in [0.3, 0.4) is 0 Å². The highest BCUT2D eigenvalue weighted by atomic mass is 19.3. The number of halogens is 2. The highest BCUT2D eigenvalue weighted by Gasteiger charge is 2.33. The van der Waals surface area contributed by atoms with Gasteiger partial charge >= 0.3 is 5.92 Å². The lowest BCUT2D eigenvalue weighted by atomic mass is 10.1. The van der Waals surface area contributed by atoms with E-state index in [-0.39, 0.29) is 5.75 Å². The number of rotatable bonds is 6. The van der Waals surface area contributed by atoms with Crippen LogP contribution >= 0.6 is 0 Å². The van der Waals surface area contributed by atoms with Crippen LogP contribution in [0.15, 0.2) is 67.3 Å². The van der Waals surface area contributed by atoms with Crippen LogP contribution in [-0.4, -0.2) is 33.7 Å². The summed E-state index contributed by atoms with van der Waals surface area (Å²) in [6.07, 6.45) is 6.06. The van der Waals surface area contributed by atoms with Crippen LogP contribution in [0, 0.1) is 0 Å². The van der Waals surface area contributed by atoms with Crippen molar-refractivity contribution in [3.05, 3.63) is 72.9 Å². The number of alkyl halides is 2. The predicted molar refractivity (Wildman–Crippen MR) is 103 cm³/mol. The van der Waals surface area contributed by atoms with E-state index < -0.39 is 18.2 Å². The second-order valence-corrected chi connectivity index (χ2v) is 6.20. The van der Waals surface area contributed by atoms with E-state index in [1.807, 2.05) is 24.3 Å². The van der Waals surface area contributed by atoms with Gasteiger partial charge in [0.25, 0.3) is 0 Å². The third-order valence-corrected chi connectivity index (χ3v) is 4.21. The molecule has 4 rings (SSSR count). The molecular weight excluding hydrogens is 378 g/mol. The molecule has 0 saturated heterocycles. The lowest BCUT2D eigenvalue weighted by Gasteiger charge is -2.15. The van der Waals surface area contributed by atoms with Crippen molar-refractivity contribution in [3.8, 4) is 22.8 Å². The van der Waals surface area contributed by atoms with Crippen molar-refractivity contribution in [2.75, 3.05) is 13.7 Å². The molecule has 6 nitrogen and oxygen atoms in total. The number of aromatic nitrogens is 4. The molecule has 0 aliphatic carbocycles. The van der Waals surface area contributed by atoms with Crippen LogP contribution in [0.5, 0.6) is 11.6 Å². The monoisotopic (exact) mass is 394 g/mol. The summed E-state index contributed by atoms with van der Waals surface area (Å²) in [4.78, 5) is 16.8. The fraction of sp³-hybridized carbons (Fsp3) is 0.143. The molecule has 0 fully saturated rings. The Morgan fingerprint density at radius 1 is 0.862 bits per heavy atom. The Morgan fingerprint density at radius 2 is 1.69 bits per heavy atom. The quantitative estimate of drug-likeness (QED) is 0.475. The highest BCUT2D eigenvalue weighted by molar-refractivity contribution is 5.92. The summed E-state index contributed by atoms with van der Waals surface area (Å²) in [5.74, 6) is -2.58. The summed E-state index contributed by atoms with van der Waals surface area (Å²) < 4.78 is 38.2. The van der Waals surface area contributed by atoms with Crippen LogP contribution in [0.1, 0.15) is 5.69 Å². The van der Waals surface area contributed by atoms with Gasteiger partial charge in [0.15, 0.2) is 0 Å². The van der Waals surface area contributed by atoms with Crippen molar-refractivity contribution in [2.24, 2.45) is 0 Å². The SMILES string of the molecule is COCC(F)(F)c1ccc(Oc2ncccc2-c2cccc3nccnc23)cn1. The summed E-state index contributed by atoms with van der Waals surface area (Å²) in [6, 6.07) is 11.9. The number of nitrogens with zero attached hydrogens (tertiary/aromatic N) is 4. The highest BCUT2D eigenvalue weighted by Crippen LogP contribution is 2.35. The minimum Gasteiger partial charge on any atom is -0.437 e. The molecular formula is C21H16F2N4O2. The van der Waals surface area contributed by atoms with Gasteiger partial charge in [0, 0.05) is 36.8 Å². The third-order valence-electron chi connectivity index (χ3n) is 4.21. The van der Waals surface area contributed by atoms with E-state index in [0.717, 1.165) is 11.1 Å². The van der Waals surface area contributed by atoms with Crippen molar-refractivity contribution >= 4 is 11.0 Å². The summed E-state index contributed by atoms with van der Waals surface area (Å²) in [5.41, 5.74) is 2.56. The fourth-order valence-corrected chi connectivity index (χ4v) is 2.91. The van der Waals surface area contributed by atoms with Gasteiger partial charge in [0.1, 0.15) is 18.1 Å². The van der Waals surface area contributed by atoms with Crippen LogP contribution in [0.4, 0.5) is 8.78 Å². The lowest BCUT2D eigenvalue weighted by Crippen LogP contribution is -2.21. The minimum atomic E-state index is -3.18. The summed E-state index contributed by atoms with van der Waals surface area (Å²) >= 11 is 0. The average Bonchev–Trinajstić information content (AvgIpc) is 2.74. The molecule has 29 heavy (non-hydrogen) atoms. The smallest absolute Gasteiger partial charge is 0.312 e. The molecule has 8 heteroatoms. The first kappa shape index (κ1) is 18.8. The summed E-state index contributed by atoms with van der Waals surface area (Å²) in [6.45, 7) is -0.743. The van der Waals surface area contributed by atoms with E-state index in [2.05, 4.69) is 24.7 Å². The largest absolute Gasteiger partial charge is 0.437 e. The first-order valence-electron chi connectivity index (χ1n) is 8.75. The molecule has 0 unspecified atom stereocenters. The van der Waals surface area contributed by atoms with Crippen LogP contribution in [0.2, 0.25) is 0 Å². The number of ether oxygens (including phenoxy) is 2. The van der Waals surface area contributed by atoms with Crippen molar-refractivity contribution in [1.29, 1.82) is 0 Å². The maximum atomic E-state index is 13.9. The summed E-state index contributed by atoms with van der Waals surface area (Å²) in [7, 11) is 1.21. The molecule has 0 spiro atoms. The van der Waals surface area contributed by atoms with Gasteiger partial charge in [-0.1, -0.05) is 12.1 Å². The third kappa shape index (κ3) is 3.88. The standard InChI is InChI=1S/C21H16F2N4O2/c1-28-13-21(22,23)18-8-7-14(12-27-18)29-20-16(5-3-9-26-20)15-4-2-6-17-19(15)25-11-10-24-17/h2-12H,13H2,1H3. The first-order valence-corrected chi connectivity index (χ1v) is 8.75. The van der Waals surface area contributed by atoms with Gasteiger partial charge in [-0.3, -0.25) is 15.0 Å². The molecule has 3 aromatic heterocycles. The Bertz CT molecular complexity index is 1130. The molecule has 3 heterocycles. The van der Waals surface area contributed by atoms with Crippen LogP contribution in [0.25, 0.3) is 22.2 Å². The van der Waals surface area contributed by atoms with Gasteiger partial charge in [-0.2, -0.15) is 8.78 Å². The number of pyridine rings is 2. The maximum absolute atomic E-state index is 13.9. The van der Waals surface area contributed by atoms with Crippen LogP contribution < -0.4 is 4.74 Å². The Kier molecular flexibility index (Phi) is 5.09. The molecule has 4 aromatic rings. The second-order valence-electron chi connectivity index (χ2n) is 6.20. The van der Waals surface area contributed by atoms with Crippen molar-refractivity contribution < 1.29 is 18.3 Å². The van der Waals surface area contributed by atoms with E-state index in [1.165, 1.54) is 25.4 Å². The zero-order valence-corrected chi connectivity index (χ0v) is 15.4. The van der Waals surface area contributed by atoms with Gasteiger partial charge in [-0.15, -0.1) is 0 Å². The molecule has 0 N–H and O–H groups in total. The van der Waals surface area contributed by atoms with Gasteiger partial charge in [-0.25, -0.2) is 4.98 Å². The zero-order valence-electron chi connectivity index (χ0n) is 15.4. The average molecular weight is 394 g/mol. The van der Waals surface area contributed by atoms with Gasteiger partial charge < -0.3 is 9.47 Å². The van der Waals surface area contributed by atoms with E-state index in [9.17, 15) is 8.78 Å². The molecule has 0 aliphatic rings. The van der Waals surface area contributed by atoms with Crippen molar-refractivity contribution in [1.82, 2.24) is 19.9 Å². The van der Waals surface area contributed by atoms with Gasteiger partial charge in [0.2, 0.25) is 5.88 Å². The number of benzene rings is 1. The predicted octanol–water partition coefficient (Wildman–Crippen LogP) is 4.62. The van der Waals surface area contributed by atoms with E-state index in [1.54, 1.807) is 24.7 Å². The van der Waals surface area contributed by atoms with Crippen molar-refractivity contribution in [3.63, 3.8) is 0 Å². The Balaban J connectivity index is 1.68. The topological polar surface area (TPSA) is 70.0 Å². The number of para-hydroxylation sites is 1. The van der Waals surface area contributed by atoms with Crippen LogP contribution in [-0.2, 0) is 10.7 Å². The first-order chi connectivity index (χ1) is 14.1. The number of methoxy groups -OCH3 is 1. The van der Waals surface area contributed by atoms with E-state index in [4.69, 9.17) is 4.74 Å². The molecule has 1 aromatic carbocycles. The number of hydrogen-bond donors (Lipinski definition) is 0. The fourth-order valence-electron chi connectivity index (χ4n) is 2.91. The second kappa shape index (κ2) is 7.84. The molecule has 0 saturated carbocycles. The van der Waals surface area contributed by atoms with E-state index >= 15 is 0 Å². The summed E-state index contributed by atoms with van der Waals surface area (Å²) in [5, 5.41) is 0. The Labute approximate surface area is 165 Å². The lowest BCUT2D eigenvalue weighted by molar-refractivity contribution is -0.0731. The normalized spacial score (nSPS) is 11.6. The molecule has 146 valence electrons. The number of fused-ring (bicyclic) bond motifs is 1. The Hall–Kier alpha value is -3.52. The molecule has 0 atom stereocenters. The zero-order chi connectivity index (χ0) is 20.3. The molecule has 0 aliphatic heterocycles. The van der Waals surface area contributed by atoms with Gasteiger partial charge in [-0.05, 0) is 30.3 Å².